The second-order valence-electron chi connectivity index (χ2n) is 8.23. The van der Waals surface area contributed by atoms with Gasteiger partial charge in [-0.1, -0.05) is 23.9 Å². The van der Waals surface area contributed by atoms with Gasteiger partial charge in [-0.2, -0.15) is 0 Å². The molecule has 1 fully saturated rings. The number of pyridine rings is 1. The highest BCUT2D eigenvalue weighted by molar-refractivity contribution is 7.99. The Hall–Kier alpha value is -2.07. The fourth-order valence-electron chi connectivity index (χ4n) is 3.70. The second-order valence-corrected chi connectivity index (χ2v) is 10.3. The van der Waals surface area contributed by atoms with Crippen molar-refractivity contribution < 1.29 is 9.53 Å². The number of para-hydroxylation sites is 2. The molecule has 0 aliphatic carbocycles. The number of thioether (sulfide) groups is 2. The van der Waals surface area contributed by atoms with E-state index < -0.39 is 0 Å². The highest BCUT2D eigenvalue weighted by Gasteiger charge is 2.17. The van der Waals surface area contributed by atoms with Crippen molar-refractivity contribution >= 4 is 40.5 Å². The van der Waals surface area contributed by atoms with Gasteiger partial charge in [-0.15, -0.1) is 11.8 Å². The minimum absolute atomic E-state index is 0.0490. The predicted octanol–water partition coefficient (Wildman–Crippen LogP) is 3.54. The number of amides is 1. The van der Waals surface area contributed by atoms with E-state index in [2.05, 4.69) is 22.9 Å². The smallest absolute Gasteiger partial charge is 0.242 e. The van der Waals surface area contributed by atoms with Crippen LogP contribution in [0.25, 0.3) is 11.0 Å². The van der Waals surface area contributed by atoms with Crippen molar-refractivity contribution in [3.63, 3.8) is 0 Å². The normalized spacial score (nSPS) is 14.6. The third-order valence-corrected chi connectivity index (χ3v) is 7.90. The maximum absolute atomic E-state index is 12.4. The fraction of sp³-hybridized carbons (Fsp3) is 0.458. The lowest BCUT2D eigenvalue weighted by atomic mass is 10.2. The Bertz CT molecular complexity index is 1100. The lowest BCUT2D eigenvalue weighted by molar-refractivity contribution is -0.129. The van der Waals surface area contributed by atoms with Gasteiger partial charge in [-0.25, -0.2) is 4.98 Å². The molecule has 3 heterocycles. The molecule has 0 radical (unpaired) electrons. The lowest BCUT2D eigenvalue weighted by Gasteiger charge is -2.26. The lowest BCUT2D eigenvalue weighted by Crippen LogP contribution is -2.37. The van der Waals surface area contributed by atoms with Gasteiger partial charge < -0.3 is 14.2 Å². The zero-order valence-corrected chi connectivity index (χ0v) is 21.1. The predicted molar refractivity (Wildman–Crippen MR) is 135 cm³/mol. The number of rotatable bonds is 9. The van der Waals surface area contributed by atoms with E-state index >= 15 is 0 Å². The van der Waals surface area contributed by atoms with Crippen LogP contribution in [0.4, 0.5) is 0 Å². The molecule has 33 heavy (non-hydrogen) atoms. The first-order chi connectivity index (χ1) is 16.0. The first kappa shape index (κ1) is 24.1. The SMILES string of the molecule is Cc1c(SCCN2CCOCC2)ccnc1CSc1nc2ccccc2n1CC(=O)N(C)C. The molecule has 0 saturated carbocycles. The van der Waals surface area contributed by atoms with Gasteiger partial charge in [0.15, 0.2) is 5.16 Å². The Morgan fingerprint density at radius 2 is 1.94 bits per heavy atom. The maximum atomic E-state index is 12.4. The number of ether oxygens (including phenoxy) is 1. The van der Waals surface area contributed by atoms with E-state index in [0.29, 0.717) is 5.75 Å². The fourth-order valence-corrected chi connectivity index (χ4v) is 5.80. The Kier molecular flexibility index (Phi) is 8.29. The molecule has 7 nitrogen and oxygen atoms in total. The van der Waals surface area contributed by atoms with Gasteiger partial charge in [0.05, 0.1) is 29.9 Å². The van der Waals surface area contributed by atoms with Crippen molar-refractivity contribution in [2.45, 2.75) is 29.3 Å². The van der Waals surface area contributed by atoms with E-state index in [9.17, 15) is 4.79 Å². The van der Waals surface area contributed by atoms with Gasteiger partial charge in [0.1, 0.15) is 6.54 Å². The van der Waals surface area contributed by atoms with Gasteiger partial charge in [0.2, 0.25) is 5.91 Å². The van der Waals surface area contributed by atoms with E-state index in [0.717, 1.165) is 60.5 Å². The van der Waals surface area contributed by atoms with Crippen molar-refractivity contribution in [3.8, 4) is 0 Å². The standard InChI is InChI=1S/C24H31N5O2S2/c1-18-20(25-9-8-22(18)32-15-12-28-10-13-31-14-11-28)17-33-24-26-19-6-4-5-7-21(19)29(24)16-23(30)27(2)3/h4-9H,10-17H2,1-3H3. The largest absolute Gasteiger partial charge is 0.379 e. The van der Waals surface area contributed by atoms with Crippen molar-refractivity contribution in [1.82, 2.24) is 24.3 Å². The van der Waals surface area contributed by atoms with Crippen molar-refractivity contribution in [2.75, 3.05) is 52.7 Å². The minimum atomic E-state index is 0.0490. The third kappa shape index (κ3) is 6.09. The number of likely N-dealkylation sites (N-methyl/N-ethyl adjacent to an activating group) is 1. The molecule has 2 aromatic heterocycles. The van der Waals surface area contributed by atoms with Gasteiger partial charge >= 0.3 is 0 Å². The molecule has 0 spiro atoms. The average Bonchev–Trinajstić information content (AvgIpc) is 3.17. The number of carbonyl (C=O) groups is 1. The number of nitrogens with zero attached hydrogens (tertiary/aromatic N) is 5. The first-order valence-corrected chi connectivity index (χ1v) is 13.2. The quantitative estimate of drug-likeness (QED) is 0.430. The summed E-state index contributed by atoms with van der Waals surface area (Å²) in [5, 5.41) is 0.845. The number of imidazole rings is 1. The maximum Gasteiger partial charge on any atom is 0.242 e. The number of aromatic nitrogens is 3. The number of carbonyl (C=O) groups excluding carboxylic acids is 1. The van der Waals surface area contributed by atoms with Gasteiger partial charge in [0.25, 0.3) is 0 Å². The molecule has 0 bridgehead atoms. The Morgan fingerprint density at radius 3 is 2.73 bits per heavy atom. The van der Waals surface area contributed by atoms with Crippen molar-refractivity contribution in [1.29, 1.82) is 0 Å². The summed E-state index contributed by atoms with van der Waals surface area (Å²) < 4.78 is 7.45. The molecule has 1 aliphatic heterocycles. The Labute approximate surface area is 203 Å². The molecular weight excluding hydrogens is 454 g/mol. The molecule has 0 atom stereocenters. The highest BCUT2D eigenvalue weighted by atomic mass is 32.2. The zero-order chi connectivity index (χ0) is 23.2. The summed E-state index contributed by atoms with van der Waals surface area (Å²) in [6.45, 7) is 7.22. The third-order valence-electron chi connectivity index (χ3n) is 5.78. The monoisotopic (exact) mass is 485 g/mol. The molecule has 0 unspecified atom stereocenters. The Balaban J connectivity index is 1.44. The van der Waals surface area contributed by atoms with Crippen LogP contribution < -0.4 is 0 Å². The molecule has 9 heteroatoms. The van der Waals surface area contributed by atoms with Crippen molar-refractivity contribution in [3.05, 3.63) is 47.8 Å². The molecule has 1 aromatic carbocycles. The first-order valence-electron chi connectivity index (χ1n) is 11.2. The molecule has 1 aliphatic rings. The molecule has 0 N–H and O–H groups in total. The van der Waals surface area contributed by atoms with Crippen LogP contribution in [0.3, 0.4) is 0 Å². The van der Waals surface area contributed by atoms with Crippen molar-refractivity contribution in [2.24, 2.45) is 0 Å². The second kappa shape index (κ2) is 11.4. The number of fused-ring (bicyclic) bond motifs is 1. The van der Waals surface area contributed by atoms with Crippen LogP contribution in [0.5, 0.6) is 0 Å². The summed E-state index contributed by atoms with van der Waals surface area (Å²) in [6, 6.07) is 10.1. The topological polar surface area (TPSA) is 63.5 Å². The van der Waals surface area contributed by atoms with Crippen LogP contribution in [0.1, 0.15) is 11.3 Å². The van der Waals surface area contributed by atoms with E-state index in [1.807, 2.05) is 46.8 Å². The van der Waals surface area contributed by atoms with E-state index in [-0.39, 0.29) is 12.5 Å². The molecular formula is C24H31N5O2S2. The number of hydrogen-bond acceptors (Lipinski definition) is 7. The number of morpholine rings is 1. The van der Waals surface area contributed by atoms with E-state index in [1.54, 1.807) is 30.8 Å². The molecule has 1 amide bonds. The molecule has 4 rings (SSSR count). The summed E-state index contributed by atoms with van der Waals surface area (Å²) >= 11 is 3.53. The molecule has 176 valence electrons. The highest BCUT2D eigenvalue weighted by Crippen LogP contribution is 2.30. The van der Waals surface area contributed by atoms with Gasteiger partial charge in [-0.3, -0.25) is 14.7 Å². The molecule has 3 aromatic rings. The zero-order valence-electron chi connectivity index (χ0n) is 19.5. The minimum Gasteiger partial charge on any atom is -0.379 e. The number of benzene rings is 1. The van der Waals surface area contributed by atoms with E-state index in [4.69, 9.17) is 9.72 Å². The van der Waals surface area contributed by atoms with Gasteiger partial charge in [-0.05, 0) is 30.7 Å². The summed E-state index contributed by atoms with van der Waals surface area (Å²) in [7, 11) is 3.56. The van der Waals surface area contributed by atoms with Crippen LogP contribution in [0.2, 0.25) is 0 Å². The average molecular weight is 486 g/mol. The molecule has 1 saturated heterocycles. The summed E-state index contributed by atoms with van der Waals surface area (Å²) in [6.07, 6.45) is 1.90. The van der Waals surface area contributed by atoms with Crippen LogP contribution in [-0.4, -0.2) is 82.9 Å². The van der Waals surface area contributed by atoms with Gasteiger partial charge in [0, 0.05) is 56.3 Å². The Morgan fingerprint density at radius 1 is 1.15 bits per heavy atom. The van der Waals surface area contributed by atoms with Crippen LogP contribution in [-0.2, 0) is 21.8 Å². The summed E-state index contributed by atoms with van der Waals surface area (Å²) in [5.74, 6) is 1.82. The summed E-state index contributed by atoms with van der Waals surface area (Å²) in [5.41, 5.74) is 4.17. The van der Waals surface area contributed by atoms with Crippen LogP contribution in [0.15, 0.2) is 46.6 Å². The van der Waals surface area contributed by atoms with Crippen LogP contribution >= 0.6 is 23.5 Å². The summed E-state index contributed by atoms with van der Waals surface area (Å²) in [4.78, 5) is 27.2. The van der Waals surface area contributed by atoms with E-state index in [1.165, 1.54) is 10.5 Å². The number of hydrogen-bond donors (Lipinski definition) is 0. The van der Waals surface area contributed by atoms with Crippen LogP contribution in [0, 0.1) is 6.92 Å².